The van der Waals surface area contributed by atoms with Crippen LogP contribution in [-0.4, -0.2) is 71.6 Å². The minimum Gasteiger partial charge on any atom is -0.366 e. The molecule has 2 aromatic rings. The van der Waals surface area contributed by atoms with Crippen LogP contribution in [-0.2, 0) is 9.59 Å². The smallest absolute Gasteiger partial charge is 0.225 e. The normalized spacial score (nSPS) is 17.8. The number of rotatable bonds is 3. The number of carbonyl (C=O) groups excluding carboxylic acids is 3. The number of ketones is 1. The Balaban J connectivity index is 1.49. The van der Waals surface area contributed by atoms with Gasteiger partial charge >= 0.3 is 0 Å². The van der Waals surface area contributed by atoms with Gasteiger partial charge in [-0.25, -0.2) is 0 Å². The zero-order chi connectivity index (χ0) is 22.1. The number of piperidine rings is 1. The van der Waals surface area contributed by atoms with E-state index in [1.54, 1.807) is 19.2 Å². The number of halogens is 1. The molecule has 8 heteroatoms. The highest BCUT2D eigenvalue weighted by molar-refractivity contribution is 6.36. The number of Topliss-reactive ketones (excluding diaryl/α,β-unsaturated/α-hetero) is 1. The molecule has 2 fully saturated rings. The Labute approximate surface area is 186 Å². The Morgan fingerprint density at radius 1 is 1.00 bits per heavy atom. The number of fused-ring (bicyclic) bond motifs is 1. The Hall–Kier alpha value is -2.67. The van der Waals surface area contributed by atoms with E-state index in [1.807, 2.05) is 21.9 Å². The van der Waals surface area contributed by atoms with Crippen LogP contribution >= 0.6 is 11.6 Å². The van der Waals surface area contributed by atoms with Crippen LogP contribution in [0.4, 0.5) is 5.69 Å². The maximum atomic E-state index is 13.0. The molecule has 0 spiro atoms. The van der Waals surface area contributed by atoms with Crippen LogP contribution < -0.4 is 4.90 Å². The van der Waals surface area contributed by atoms with Crippen molar-refractivity contribution in [3.8, 4) is 0 Å². The number of piperazine rings is 1. The number of carbonyl (C=O) groups is 3. The molecule has 0 unspecified atom stereocenters. The lowest BCUT2D eigenvalue weighted by molar-refractivity contribution is -0.140. The second kappa shape index (κ2) is 8.83. The van der Waals surface area contributed by atoms with Gasteiger partial charge in [0.25, 0.3) is 0 Å². The van der Waals surface area contributed by atoms with Gasteiger partial charge < -0.3 is 14.7 Å². The molecule has 0 radical (unpaired) electrons. The van der Waals surface area contributed by atoms with Gasteiger partial charge in [-0.3, -0.25) is 19.4 Å². The van der Waals surface area contributed by atoms with Crippen LogP contribution in [0.2, 0.25) is 5.02 Å². The molecule has 1 aromatic carbocycles. The Bertz CT molecular complexity index is 1020. The average molecular weight is 443 g/mol. The van der Waals surface area contributed by atoms with Gasteiger partial charge in [-0.05, 0) is 38.0 Å². The zero-order valence-electron chi connectivity index (χ0n) is 17.9. The van der Waals surface area contributed by atoms with Crippen molar-refractivity contribution in [1.82, 2.24) is 14.8 Å². The van der Waals surface area contributed by atoms with Gasteiger partial charge in [0.15, 0.2) is 5.78 Å². The maximum absolute atomic E-state index is 13.0. The topological polar surface area (TPSA) is 73.8 Å². The summed E-state index contributed by atoms with van der Waals surface area (Å²) in [7, 11) is 0. The molecule has 0 aliphatic carbocycles. The van der Waals surface area contributed by atoms with Gasteiger partial charge in [0.1, 0.15) is 0 Å². The van der Waals surface area contributed by atoms with E-state index in [0.29, 0.717) is 49.9 Å². The Morgan fingerprint density at radius 3 is 2.29 bits per heavy atom. The molecule has 31 heavy (non-hydrogen) atoms. The molecule has 7 nitrogen and oxygen atoms in total. The van der Waals surface area contributed by atoms with Crippen molar-refractivity contribution in [3.05, 3.63) is 35.0 Å². The summed E-state index contributed by atoms with van der Waals surface area (Å²) < 4.78 is 0. The summed E-state index contributed by atoms with van der Waals surface area (Å²) in [4.78, 5) is 47.3. The van der Waals surface area contributed by atoms with Crippen molar-refractivity contribution in [2.45, 2.75) is 26.7 Å². The third kappa shape index (κ3) is 4.24. The lowest BCUT2D eigenvalue weighted by Crippen LogP contribution is -2.52. The molecule has 2 aliphatic rings. The fraction of sp³-hybridized carbons (Fsp3) is 0.478. The van der Waals surface area contributed by atoms with Crippen molar-refractivity contribution in [2.24, 2.45) is 5.92 Å². The monoisotopic (exact) mass is 442 g/mol. The van der Waals surface area contributed by atoms with Gasteiger partial charge in [-0.1, -0.05) is 11.6 Å². The van der Waals surface area contributed by atoms with E-state index >= 15 is 0 Å². The van der Waals surface area contributed by atoms with E-state index in [-0.39, 0.29) is 23.5 Å². The van der Waals surface area contributed by atoms with Crippen LogP contribution in [0.25, 0.3) is 10.9 Å². The highest BCUT2D eigenvalue weighted by Crippen LogP contribution is 2.35. The van der Waals surface area contributed by atoms with E-state index in [2.05, 4.69) is 9.88 Å². The Kier molecular flexibility index (Phi) is 6.14. The molecule has 2 amide bonds. The number of amides is 2. The largest absolute Gasteiger partial charge is 0.366 e. The third-order valence-corrected chi connectivity index (χ3v) is 6.70. The van der Waals surface area contributed by atoms with E-state index < -0.39 is 0 Å². The standard InChI is InChI=1S/C23H27ClN4O3/c1-15(29)19-14-20(24)18-4-3-7-25-21(18)22(19)27-10-12-28(13-11-27)23(31)17-5-8-26(9-6-17)16(2)30/h3-4,7,14,17H,5-6,8-13H2,1-2H3. The predicted octanol–water partition coefficient (Wildman–Crippen LogP) is 3.00. The number of aromatic nitrogens is 1. The second-order valence-corrected chi connectivity index (χ2v) is 8.71. The first-order valence-corrected chi connectivity index (χ1v) is 11.1. The lowest BCUT2D eigenvalue weighted by Gasteiger charge is -2.40. The van der Waals surface area contributed by atoms with Gasteiger partial charge in [-0.2, -0.15) is 0 Å². The number of benzene rings is 1. The minimum atomic E-state index is -0.0554. The summed E-state index contributed by atoms with van der Waals surface area (Å²) in [6.07, 6.45) is 3.15. The van der Waals surface area contributed by atoms with Crippen LogP contribution in [0, 0.1) is 5.92 Å². The summed E-state index contributed by atoms with van der Waals surface area (Å²) in [5.74, 6) is 0.173. The summed E-state index contributed by atoms with van der Waals surface area (Å²) in [6, 6.07) is 5.47. The maximum Gasteiger partial charge on any atom is 0.225 e. The molecule has 0 saturated carbocycles. The van der Waals surface area contributed by atoms with Crippen molar-refractivity contribution in [1.29, 1.82) is 0 Å². The fourth-order valence-corrected chi connectivity index (χ4v) is 4.89. The quantitative estimate of drug-likeness (QED) is 0.683. The summed E-state index contributed by atoms with van der Waals surface area (Å²) in [6.45, 7) is 6.87. The van der Waals surface area contributed by atoms with Crippen molar-refractivity contribution in [2.75, 3.05) is 44.2 Å². The SMILES string of the molecule is CC(=O)c1cc(Cl)c2cccnc2c1N1CCN(C(=O)C2CCN(C(C)=O)CC2)CC1. The first-order chi connectivity index (χ1) is 14.9. The first kappa shape index (κ1) is 21.6. The Morgan fingerprint density at radius 2 is 1.68 bits per heavy atom. The van der Waals surface area contributed by atoms with Gasteiger partial charge in [0.2, 0.25) is 11.8 Å². The minimum absolute atomic E-state index is 0.0204. The van der Waals surface area contributed by atoms with Gasteiger partial charge in [-0.15, -0.1) is 0 Å². The number of anilines is 1. The molecule has 3 heterocycles. The molecule has 4 rings (SSSR count). The van der Waals surface area contributed by atoms with E-state index in [0.717, 1.165) is 29.4 Å². The fourth-order valence-electron chi connectivity index (χ4n) is 4.63. The van der Waals surface area contributed by atoms with E-state index in [1.165, 1.54) is 6.92 Å². The zero-order valence-corrected chi connectivity index (χ0v) is 18.7. The summed E-state index contributed by atoms with van der Waals surface area (Å²) >= 11 is 6.41. The molecular formula is C23H27ClN4O3. The van der Waals surface area contributed by atoms with Crippen molar-refractivity contribution < 1.29 is 14.4 Å². The molecule has 2 aliphatic heterocycles. The summed E-state index contributed by atoms with van der Waals surface area (Å²) in [5, 5.41) is 1.34. The number of pyridine rings is 1. The van der Waals surface area contributed by atoms with Gasteiger partial charge in [0, 0.05) is 69.3 Å². The number of likely N-dealkylation sites (tertiary alicyclic amines) is 1. The molecule has 0 N–H and O–H groups in total. The van der Waals surface area contributed by atoms with Crippen LogP contribution in [0.1, 0.15) is 37.0 Å². The number of hydrogen-bond acceptors (Lipinski definition) is 5. The average Bonchev–Trinajstić information content (AvgIpc) is 2.79. The molecular weight excluding hydrogens is 416 g/mol. The van der Waals surface area contributed by atoms with Gasteiger partial charge in [0.05, 0.1) is 16.2 Å². The highest BCUT2D eigenvalue weighted by Gasteiger charge is 2.32. The van der Waals surface area contributed by atoms with Crippen LogP contribution in [0.15, 0.2) is 24.4 Å². The number of hydrogen-bond donors (Lipinski definition) is 0. The first-order valence-electron chi connectivity index (χ1n) is 10.7. The molecule has 164 valence electrons. The van der Waals surface area contributed by atoms with Crippen molar-refractivity contribution in [3.63, 3.8) is 0 Å². The van der Waals surface area contributed by atoms with Crippen LogP contribution in [0.3, 0.4) is 0 Å². The van der Waals surface area contributed by atoms with Crippen molar-refractivity contribution >= 4 is 45.8 Å². The van der Waals surface area contributed by atoms with E-state index in [4.69, 9.17) is 11.6 Å². The lowest BCUT2D eigenvalue weighted by atomic mass is 9.95. The molecule has 1 aromatic heterocycles. The highest BCUT2D eigenvalue weighted by atomic mass is 35.5. The molecule has 0 bridgehead atoms. The summed E-state index contributed by atoms with van der Waals surface area (Å²) in [5.41, 5.74) is 2.08. The van der Waals surface area contributed by atoms with Crippen LogP contribution in [0.5, 0.6) is 0 Å². The van der Waals surface area contributed by atoms with E-state index in [9.17, 15) is 14.4 Å². The molecule has 0 atom stereocenters. The predicted molar refractivity (Wildman–Crippen MR) is 121 cm³/mol. The molecule has 2 saturated heterocycles. The number of nitrogens with zero attached hydrogens (tertiary/aromatic N) is 4. The second-order valence-electron chi connectivity index (χ2n) is 8.30. The third-order valence-electron chi connectivity index (χ3n) is 6.39.